The Morgan fingerprint density at radius 1 is 1.29 bits per heavy atom. The summed E-state index contributed by atoms with van der Waals surface area (Å²) in [5.41, 5.74) is 0.597. The van der Waals surface area contributed by atoms with Crippen molar-refractivity contribution in [1.29, 1.82) is 0 Å². The highest BCUT2D eigenvalue weighted by Crippen LogP contribution is 2.28. The van der Waals surface area contributed by atoms with Crippen LogP contribution in [0.3, 0.4) is 0 Å². The smallest absolute Gasteiger partial charge is 0.345 e. The molecule has 0 atom stereocenters. The summed E-state index contributed by atoms with van der Waals surface area (Å²) < 4.78 is 1.77. The van der Waals surface area contributed by atoms with Gasteiger partial charge in [-0.05, 0) is 18.2 Å². The van der Waals surface area contributed by atoms with Gasteiger partial charge in [-0.3, -0.25) is 10.1 Å². The number of non-ortho nitro benzene ring substituents is 1. The number of para-hydroxylation sites is 1. The number of benzene rings is 1. The molecule has 21 heavy (non-hydrogen) atoms. The van der Waals surface area contributed by atoms with E-state index in [0.717, 1.165) is 10.3 Å². The number of aromatic carboxylic acids is 1. The Balaban J connectivity index is 2.04. The van der Waals surface area contributed by atoms with Gasteiger partial charge in [0.2, 0.25) is 0 Å². The SMILES string of the molecule is O=C(O)c1ccc(Cn2ccc3cccc([N+](=O)[O-])c32)s1. The number of carboxylic acid groups (broad SMARTS) is 1. The van der Waals surface area contributed by atoms with Gasteiger partial charge in [0, 0.05) is 22.5 Å². The third-order valence-electron chi connectivity index (χ3n) is 3.16. The molecule has 0 saturated heterocycles. The Hall–Kier alpha value is -2.67. The van der Waals surface area contributed by atoms with Crippen LogP contribution in [0.2, 0.25) is 0 Å². The number of thiophene rings is 1. The molecular formula is C14H10N2O4S. The highest BCUT2D eigenvalue weighted by molar-refractivity contribution is 7.13. The number of carbonyl (C=O) groups is 1. The maximum Gasteiger partial charge on any atom is 0.345 e. The number of rotatable bonds is 4. The molecule has 0 unspecified atom stereocenters. The van der Waals surface area contributed by atoms with Gasteiger partial charge in [0.05, 0.1) is 11.5 Å². The fourth-order valence-corrected chi connectivity index (χ4v) is 3.11. The number of fused-ring (bicyclic) bond motifs is 1. The molecule has 0 aliphatic rings. The minimum atomic E-state index is -0.963. The topological polar surface area (TPSA) is 85.4 Å². The Kier molecular flexibility index (Phi) is 3.19. The van der Waals surface area contributed by atoms with Crippen LogP contribution in [0.15, 0.2) is 42.6 Å². The number of hydrogen-bond acceptors (Lipinski definition) is 4. The van der Waals surface area contributed by atoms with Crippen molar-refractivity contribution >= 4 is 33.9 Å². The summed E-state index contributed by atoms with van der Waals surface area (Å²) in [5.74, 6) is -0.963. The second-order valence-corrected chi connectivity index (χ2v) is 5.66. The predicted molar refractivity (Wildman–Crippen MR) is 79.0 cm³/mol. The van der Waals surface area contributed by atoms with Crippen molar-refractivity contribution in [2.24, 2.45) is 0 Å². The molecule has 2 aromatic heterocycles. The van der Waals surface area contributed by atoms with Gasteiger partial charge in [0.25, 0.3) is 5.69 Å². The lowest BCUT2D eigenvalue weighted by molar-refractivity contribution is -0.383. The highest BCUT2D eigenvalue weighted by atomic mass is 32.1. The molecule has 0 fully saturated rings. The number of nitro benzene ring substituents is 1. The molecule has 0 saturated carbocycles. The number of aromatic nitrogens is 1. The molecule has 0 spiro atoms. The van der Waals surface area contributed by atoms with Crippen molar-refractivity contribution in [3.63, 3.8) is 0 Å². The van der Waals surface area contributed by atoms with Crippen LogP contribution in [-0.2, 0) is 6.54 Å². The first-order chi connectivity index (χ1) is 10.1. The van der Waals surface area contributed by atoms with Crippen molar-refractivity contribution in [2.45, 2.75) is 6.54 Å². The normalized spacial score (nSPS) is 10.9. The van der Waals surface area contributed by atoms with E-state index in [-0.39, 0.29) is 10.6 Å². The Labute approximate surface area is 123 Å². The van der Waals surface area contributed by atoms with Crippen LogP contribution >= 0.6 is 11.3 Å². The lowest BCUT2D eigenvalue weighted by atomic mass is 10.2. The Morgan fingerprint density at radius 2 is 2.10 bits per heavy atom. The van der Waals surface area contributed by atoms with Crippen molar-refractivity contribution in [3.8, 4) is 0 Å². The number of nitrogens with zero attached hydrogens (tertiary/aromatic N) is 2. The van der Waals surface area contributed by atoms with Crippen LogP contribution in [0.5, 0.6) is 0 Å². The summed E-state index contributed by atoms with van der Waals surface area (Å²) in [7, 11) is 0. The quantitative estimate of drug-likeness (QED) is 0.591. The maximum atomic E-state index is 11.1. The van der Waals surface area contributed by atoms with E-state index in [4.69, 9.17) is 5.11 Å². The van der Waals surface area contributed by atoms with Crippen LogP contribution in [0.4, 0.5) is 5.69 Å². The van der Waals surface area contributed by atoms with E-state index < -0.39 is 10.9 Å². The van der Waals surface area contributed by atoms with E-state index in [9.17, 15) is 14.9 Å². The lowest BCUT2D eigenvalue weighted by Gasteiger charge is -2.04. The Morgan fingerprint density at radius 3 is 2.76 bits per heavy atom. The zero-order chi connectivity index (χ0) is 15.0. The van der Waals surface area contributed by atoms with E-state index in [1.807, 2.05) is 12.1 Å². The van der Waals surface area contributed by atoms with Gasteiger partial charge < -0.3 is 9.67 Å². The molecule has 7 heteroatoms. The third kappa shape index (κ3) is 2.38. The lowest BCUT2D eigenvalue weighted by Crippen LogP contribution is -1.99. The van der Waals surface area contributed by atoms with Crippen molar-refractivity contribution in [1.82, 2.24) is 4.57 Å². The van der Waals surface area contributed by atoms with Gasteiger partial charge in [-0.1, -0.05) is 12.1 Å². The molecule has 3 aromatic rings. The van der Waals surface area contributed by atoms with Gasteiger partial charge in [-0.25, -0.2) is 4.79 Å². The van der Waals surface area contributed by atoms with E-state index in [1.54, 1.807) is 29.0 Å². The molecular weight excluding hydrogens is 292 g/mol. The molecule has 0 aliphatic carbocycles. The molecule has 106 valence electrons. The van der Waals surface area contributed by atoms with Crippen LogP contribution in [0, 0.1) is 10.1 Å². The fourth-order valence-electron chi connectivity index (χ4n) is 2.27. The first kappa shape index (κ1) is 13.3. The zero-order valence-electron chi connectivity index (χ0n) is 10.7. The van der Waals surface area contributed by atoms with Crippen LogP contribution in [0.1, 0.15) is 14.5 Å². The number of nitro groups is 1. The standard InChI is InChI=1S/C14H10N2O4S/c17-14(18)12-5-4-10(21-12)8-15-7-6-9-2-1-3-11(13(9)15)16(19)20/h1-7H,8H2,(H,17,18). The van der Waals surface area contributed by atoms with Gasteiger partial charge in [-0.15, -0.1) is 11.3 Å². The minimum Gasteiger partial charge on any atom is -0.477 e. The molecule has 1 aromatic carbocycles. The molecule has 0 radical (unpaired) electrons. The summed E-state index contributed by atoms with van der Waals surface area (Å²) in [6, 6.07) is 10.0. The summed E-state index contributed by atoms with van der Waals surface area (Å²) in [6.45, 7) is 0.409. The van der Waals surface area contributed by atoms with Crippen molar-refractivity contribution in [2.75, 3.05) is 0 Å². The molecule has 0 amide bonds. The zero-order valence-corrected chi connectivity index (χ0v) is 11.5. The van der Waals surface area contributed by atoms with E-state index >= 15 is 0 Å². The molecule has 3 rings (SSSR count). The highest BCUT2D eigenvalue weighted by Gasteiger charge is 2.16. The van der Waals surface area contributed by atoms with Gasteiger partial charge in [0.15, 0.2) is 0 Å². The van der Waals surface area contributed by atoms with Crippen LogP contribution in [0.25, 0.3) is 10.9 Å². The summed E-state index contributed by atoms with van der Waals surface area (Å²) in [6.07, 6.45) is 1.78. The predicted octanol–water partition coefficient (Wildman–Crippen LogP) is 3.36. The van der Waals surface area contributed by atoms with E-state index in [0.29, 0.717) is 12.1 Å². The minimum absolute atomic E-state index is 0.0486. The average molecular weight is 302 g/mol. The van der Waals surface area contributed by atoms with E-state index in [1.165, 1.54) is 17.4 Å². The van der Waals surface area contributed by atoms with Crippen LogP contribution < -0.4 is 0 Å². The van der Waals surface area contributed by atoms with Gasteiger partial charge in [0.1, 0.15) is 10.4 Å². The monoisotopic (exact) mass is 302 g/mol. The fraction of sp³-hybridized carbons (Fsp3) is 0.0714. The molecule has 0 bridgehead atoms. The Bertz CT molecular complexity index is 850. The second-order valence-electron chi connectivity index (χ2n) is 4.49. The van der Waals surface area contributed by atoms with Gasteiger partial charge in [-0.2, -0.15) is 0 Å². The van der Waals surface area contributed by atoms with Gasteiger partial charge >= 0.3 is 5.97 Å². The summed E-state index contributed by atoms with van der Waals surface area (Å²) in [4.78, 5) is 22.7. The summed E-state index contributed by atoms with van der Waals surface area (Å²) >= 11 is 1.17. The molecule has 2 heterocycles. The molecule has 1 N–H and O–H groups in total. The summed E-state index contributed by atoms with van der Waals surface area (Å²) in [5, 5.41) is 20.8. The van der Waals surface area contributed by atoms with Crippen molar-refractivity contribution in [3.05, 3.63) is 62.5 Å². The largest absolute Gasteiger partial charge is 0.477 e. The maximum absolute atomic E-state index is 11.1. The first-order valence-electron chi connectivity index (χ1n) is 6.10. The second kappa shape index (κ2) is 5.02. The van der Waals surface area contributed by atoms with Crippen molar-refractivity contribution < 1.29 is 14.8 Å². The molecule has 6 nitrogen and oxygen atoms in total. The third-order valence-corrected chi connectivity index (χ3v) is 4.22. The van der Waals surface area contributed by atoms with E-state index in [2.05, 4.69) is 0 Å². The number of carboxylic acids is 1. The van der Waals surface area contributed by atoms with Crippen LogP contribution in [-0.4, -0.2) is 20.6 Å². The molecule has 0 aliphatic heterocycles. The average Bonchev–Trinajstić information content (AvgIpc) is 3.06. The first-order valence-corrected chi connectivity index (χ1v) is 6.92. The number of hydrogen-bond donors (Lipinski definition) is 1.